The number of carboxylic acid groups (broad SMARTS) is 1. The second kappa shape index (κ2) is 9.87. The number of hydrogen-bond acceptors (Lipinski definition) is 4. The van der Waals surface area contributed by atoms with Crippen molar-refractivity contribution in [1.29, 1.82) is 0 Å². The number of anilines is 1. The second-order valence-electron chi connectivity index (χ2n) is 8.31. The number of thioether (sulfide) groups is 1. The van der Waals surface area contributed by atoms with Gasteiger partial charge in [0.25, 0.3) is 0 Å². The quantitative estimate of drug-likeness (QED) is 0.338. The molecule has 1 unspecified atom stereocenters. The Morgan fingerprint density at radius 1 is 1.10 bits per heavy atom. The molecule has 0 saturated heterocycles. The molecule has 1 heterocycles. The molecule has 2 amide bonds. The smallest absolute Gasteiger partial charge is 0.327 e. The van der Waals surface area contributed by atoms with Gasteiger partial charge in [-0.2, -0.15) is 0 Å². The lowest BCUT2D eigenvalue weighted by atomic mass is 9.86. The van der Waals surface area contributed by atoms with Gasteiger partial charge < -0.3 is 20.3 Å². The molecule has 0 aliphatic heterocycles. The molecule has 8 heteroatoms. The highest BCUT2D eigenvalue weighted by Gasteiger charge is 2.35. The fraction of sp³-hybridized carbons (Fsp3) is 0.348. The SMILES string of the molecule is CC(C)(C)C(C(=O)O)n1c(SCCCNC(=O)Nc2ccccc2)nc2ccccc21. The van der Waals surface area contributed by atoms with Crippen LogP contribution in [0.25, 0.3) is 11.0 Å². The molecule has 3 N–H and O–H groups in total. The van der Waals surface area contributed by atoms with Gasteiger partial charge in [-0.25, -0.2) is 14.6 Å². The van der Waals surface area contributed by atoms with E-state index in [2.05, 4.69) is 15.6 Å². The summed E-state index contributed by atoms with van der Waals surface area (Å²) in [5.41, 5.74) is 1.85. The Morgan fingerprint density at radius 3 is 2.45 bits per heavy atom. The topological polar surface area (TPSA) is 96.2 Å². The molecule has 0 aliphatic carbocycles. The molecule has 0 saturated carbocycles. The first-order chi connectivity index (χ1) is 14.8. The summed E-state index contributed by atoms with van der Waals surface area (Å²) in [6, 6.07) is 15.9. The van der Waals surface area contributed by atoms with Crippen molar-refractivity contribution in [3.05, 3.63) is 54.6 Å². The normalized spacial score (nSPS) is 12.5. The van der Waals surface area contributed by atoms with E-state index in [0.29, 0.717) is 17.5 Å². The van der Waals surface area contributed by atoms with E-state index in [4.69, 9.17) is 0 Å². The zero-order valence-electron chi connectivity index (χ0n) is 18.0. The van der Waals surface area contributed by atoms with Gasteiger partial charge in [0.1, 0.15) is 6.04 Å². The van der Waals surface area contributed by atoms with Crippen molar-refractivity contribution in [3.8, 4) is 0 Å². The summed E-state index contributed by atoms with van der Waals surface area (Å²) < 4.78 is 1.83. The van der Waals surface area contributed by atoms with Crippen molar-refractivity contribution in [2.75, 3.05) is 17.6 Å². The summed E-state index contributed by atoms with van der Waals surface area (Å²) in [6.45, 7) is 6.27. The fourth-order valence-electron chi connectivity index (χ4n) is 3.38. The largest absolute Gasteiger partial charge is 0.480 e. The van der Waals surface area contributed by atoms with Gasteiger partial charge in [0.2, 0.25) is 0 Å². The fourth-order valence-corrected chi connectivity index (χ4v) is 4.35. The van der Waals surface area contributed by atoms with Crippen molar-refractivity contribution in [2.24, 2.45) is 5.41 Å². The Bertz CT molecular complexity index is 1040. The molecule has 1 atom stereocenters. The van der Waals surface area contributed by atoms with E-state index in [-0.39, 0.29) is 6.03 Å². The molecular formula is C23H28N4O3S. The molecule has 0 radical (unpaired) electrons. The van der Waals surface area contributed by atoms with Crippen LogP contribution in [-0.2, 0) is 4.79 Å². The molecule has 3 aromatic rings. The number of rotatable bonds is 8. The number of carbonyl (C=O) groups excluding carboxylic acids is 1. The van der Waals surface area contributed by atoms with Crippen LogP contribution < -0.4 is 10.6 Å². The Balaban J connectivity index is 1.64. The maximum absolute atomic E-state index is 12.1. The predicted octanol–water partition coefficient (Wildman–Crippen LogP) is 5.01. The summed E-state index contributed by atoms with van der Waals surface area (Å²) in [5.74, 6) is -0.178. The van der Waals surface area contributed by atoms with E-state index in [1.807, 2.05) is 79.9 Å². The molecule has 7 nitrogen and oxygen atoms in total. The van der Waals surface area contributed by atoms with Gasteiger partial charge in [-0.1, -0.05) is 62.9 Å². The number of nitrogens with one attached hydrogen (secondary N) is 2. The van der Waals surface area contributed by atoms with E-state index in [1.54, 1.807) is 0 Å². The highest BCUT2D eigenvalue weighted by Crippen LogP contribution is 2.37. The number of nitrogens with zero attached hydrogens (tertiary/aromatic N) is 2. The van der Waals surface area contributed by atoms with Crippen molar-refractivity contribution in [1.82, 2.24) is 14.9 Å². The average Bonchev–Trinajstić information content (AvgIpc) is 3.05. The summed E-state index contributed by atoms with van der Waals surface area (Å²) in [7, 11) is 0. The molecule has 3 rings (SSSR count). The molecule has 0 spiro atoms. The number of carbonyl (C=O) groups is 2. The molecule has 0 bridgehead atoms. The van der Waals surface area contributed by atoms with Crippen molar-refractivity contribution < 1.29 is 14.7 Å². The standard InChI is InChI=1S/C23H28N4O3S/c1-23(2,3)19(20(28)29)27-18-13-8-7-12-17(18)26-22(27)31-15-9-14-24-21(30)25-16-10-5-4-6-11-16/h4-8,10-13,19H,9,14-15H2,1-3H3,(H,28,29)(H2,24,25,30). The first-order valence-corrected chi connectivity index (χ1v) is 11.2. The number of imidazole rings is 1. The molecule has 31 heavy (non-hydrogen) atoms. The number of para-hydroxylation sites is 3. The Hall–Kier alpha value is -3.00. The highest BCUT2D eigenvalue weighted by molar-refractivity contribution is 7.99. The Kier molecular flexibility index (Phi) is 7.22. The monoisotopic (exact) mass is 440 g/mol. The van der Waals surface area contributed by atoms with E-state index in [0.717, 1.165) is 23.1 Å². The number of urea groups is 1. The minimum atomic E-state index is -0.878. The van der Waals surface area contributed by atoms with Crippen molar-refractivity contribution in [3.63, 3.8) is 0 Å². The van der Waals surface area contributed by atoms with Gasteiger partial charge in [0.15, 0.2) is 5.16 Å². The molecule has 1 aromatic heterocycles. The van der Waals surface area contributed by atoms with Crippen LogP contribution in [0.15, 0.2) is 59.8 Å². The van der Waals surface area contributed by atoms with Crippen LogP contribution in [-0.4, -0.2) is 39.0 Å². The maximum Gasteiger partial charge on any atom is 0.327 e. The summed E-state index contributed by atoms with van der Waals surface area (Å²) >= 11 is 1.51. The number of aliphatic carboxylic acids is 1. The number of benzene rings is 2. The third-order valence-corrected chi connectivity index (χ3v) is 5.78. The minimum absolute atomic E-state index is 0.248. The zero-order chi connectivity index (χ0) is 22.4. The third-order valence-electron chi connectivity index (χ3n) is 4.75. The van der Waals surface area contributed by atoms with Crippen LogP contribution in [0.1, 0.15) is 33.2 Å². The van der Waals surface area contributed by atoms with Crippen molar-refractivity contribution >= 4 is 40.5 Å². The second-order valence-corrected chi connectivity index (χ2v) is 9.37. The van der Waals surface area contributed by atoms with Gasteiger partial charge in [0, 0.05) is 18.0 Å². The van der Waals surface area contributed by atoms with E-state index < -0.39 is 17.4 Å². The average molecular weight is 441 g/mol. The maximum atomic E-state index is 12.1. The number of amides is 2. The zero-order valence-corrected chi connectivity index (χ0v) is 18.8. The lowest BCUT2D eigenvalue weighted by Gasteiger charge is -2.29. The minimum Gasteiger partial charge on any atom is -0.480 e. The molecule has 2 aromatic carbocycles. The van der Waals surface area contributed by atoms with Crippen LogP contribution in [0, 0.1) is 5.41 Å². The Morgan fingerprint density at radius 2 is 1.77 bits per heavy atom. The van der Waals surface area contributed by atoms with Crippen LogP contribution in [0.5, 0.6) is 0 Å². The van der Waals surface area contributed by atoms with Crippen LogP contribution in [0.3, 0.4) is 0 Å². The lowest BCUT2D eigenvalue weighted by Crippen LogP contribution is -2.32. The van der Waals surface area contributed by atoms with Gasteiger partial charge >= 0.3 is 12.0 Å². The number of fused-ring (bicyclic) bond motifs is 1. The van der Waals surface area contributed by atoms with Gasteiger partial charge in [-0.3, -0.25) is 0 Å². The molecule has 0 aliphatic rings. The van der Waals surface area contributed by atoms with Crippen LogP contribution in [0.4, 0.5) is 10.5 Å². The molecule has 164 valence electrons. The van der Waals surface area contributed by atoms with Gasteiger partial charge in [-0.05, 0) is 36.1 Å². The first kappa shape index (κ1) is 22.7. The first-order valence-electron chi connectivity index (χ1n) is 10.2. The highest BCUT2D eigenvalue weighted by atomic mass is 32.2. The summed E-state index contributed by atoms with van der Waals surface area (Å²) in [6.07, 6.45) is 0.726. The van der Waals surface area contributed by atoms with Gasteiger partial charge in [0.05, 0.1) is 11.0 Å². The van der Waals surface area contributed by atoms with Crippen molar-refractivity contribution in [2.45, 2.75) is 38.4 Å². The number of aromatic nitrogens is 2. The third kappa shape index (κ3) is 5.79. The molecular weight excluding hydrogens is 412 g/mol. The summed E-state index contributed by atoms with van der Waals surface area (Å²) in [4.78, 5) is 28.8. The van der Waals surface area contributed by atoms with Crippen LogP contribution in [0.2, 0.25) is 0 Å². The van der Waals surface area contributed by atoms with E-state index >= 15 is 0 Å². The predicted molar refractivity (Wildman–Crippen MR) is 125 cm³/mol. The van der Waals surface area contributed by atoms with E-state index in [1.165, 1.54) is 11.8 Å². The van der Waals surface area contributed by atoms with Gasteiger partial charge in [-0.15, -0.1) is 0 Å². The summed E-state index contributed by atoms with van der Waals surface area (Å²) in [5, 5.41) is 16.2. The van der Waals surface area contributed by atoms with E-state index in [9.17, 15) is 14.7 Å². The molecule has 0 fully saturated rings. The number of hydrogen-bond donors (Lipinski definition) is 3. The number of carboxylic acids is 1. The van der Waals surface area contributed by atoms with Crippen LogP contribution >= 0.6 is 11.8 Å². The Labute approximate surface area is 186 Å². The lowest BCUT2D eigenvalue weighted by molar-refractivity contribution is -0.144.